The van der Waals surface area contributed by atoms with Crippen molar-refractivity contribution in [1.82, 2.24) is 29.2 Å². The highest BCUT2D eigenvalue weighted by molar-refractivity contribution is 6.32. The number of anilines is 1. The first kappa shape index (κ1) is 23.3. The topological polar surface area (TPSA) is 119 Å². The fourth-order valence-electron chi connectivity index (χ4n) is 4.69. The Bertz CT molecular complexity index is 1650. The molecule has 2 atom stereocenters. The highest BCUT2D eigenvalue weighted by Crippen LogP contribution is 2.34. The van der Waals surface area contributed by atoms with E-state index >= 15 is 0 Å². The zero-order chi connectivity index (χ0) is 25.6. The SMILES string of the molecule is C=CC(=O)N1C[C@@H](n2nc(C#Cc3cc4ncn(C)c4c(F)c3Cl)c3c(N)nccc32)C[C@@H]1CC#N. The zero-order valence-corrected chi connectivity index (χ0v) is 20.0. The van der Waals surface area contributed by atoms with Crippen LogP contribution in [0, 0.1) is 29.0 Å². The van der Waals surface area contributed by atoms with Gasteiger partial charge in [0.15, 0.2) is 5.82 Å². The lowest BCUT2D eigenvalue weighted by molar-refractivity contribution is -0.126. The van der Waals surface area contributed by atoms with Crippen molar-refractivity contribution < 1.29 is 9.18 Å². The van der Waals surface area contributed by atoms with Gasteiger partial charge in [-0.1, -0.05) is 24.1 Å². The van der Waals surface area contributed by atoms with Crippen LogP contribution in [0.15, 0.2) is 37.3 Å². The van der Waals surface area contributed by atoms with Crippen molar-refractivity contribution in [3.05, 3.63) is 59.4 Å². The molecule has 0 aliphatic carbocycles. The van der Waals surface area contributed by atoms with E-state index in [1.165, 1.54) is 12.4 Å². The number of carbonyl (C=O) groups excluding carboxylic acids is 1. The number of amides is 1. The molecule has 1 aromatic carbocycles. The molecular weight excluding hydrogens is 483 g/mol. The van der Waals surface area contributed by atoms with Gasteiger partial charge in [0.25, 0.3) is 0 Å². The lowest BCUT2D eigenvalue weighted by Gasteiger charge is -2.20. The molecular formula is C25H20ClFN8O. The first-order chi connectivity index (χ1) is 17.3. The van der Waals surface area contributed by atoms with Gasteiger partial charge in [0, 0.05) is 31.4 Å². The van der Waals surface area contributed by atoms with Crippen LogP contribution >= 0.6 is 11.6 Å². The van der Waals surface area contributed by atoms with Crippen LogP contribution in [0.25, 0.3) is 21.9 Å². The number of carbonyl (C=O) groups is 1. The van der Waals surface area contributed by atoms with E-state index in [1.54, 1.807) is 39.5 Å². The number of benzene rings is 1. The number of nitriles is 1. The van der Waals surface area contributed by atoms with Crippen LogP contribution in [-0.4, -0.2) is 47.7 Å². The van der Waals surface area contributed by atoms with Gasteiger partial charge in [-0.25, -0.2) is 14.4 Å². The molecule has 180 valence electrons. The lowest BCUT2D eigenvalue weighted by atomic mass is 10.1. The molecule has 0 saturated carbocycles. The number of nitrogens with two attached hydrogens (primary N) is 1. The molecule has 0 bridgehead atoms. The number of fused-ring (bicyclic) bond motifs is 2. The maximum atomic E-state index is 14.9. The van der Waals surface area contributed by atoms with E-state index in [-0.39, 0.29) is 40.8 Å². The normalized spacial score (nSPS) is 17.2. The summed E-state index contributed by atoms with van der Waals surface area (Å²) in [5.41, 5.74) is 8.22. The first-order valence-electron chi connectivity index (χ1n) is 11.1. The summed E-state index contributed by atoms with van der Waals surface area (Å²) >= 11 is 6.28. The molecule has 1 amide bonds. The number of imidazole rings is 1. The molecule has 1 fully saturated rings. The van der Waals surface area contributed by atoms with Crippen LogP contribution in [0.5, 0.6) is 0 Å². The van der Waals surface area contributed by atoms with Crippen molar-refractivity contribution in [1.29, 1.82) is 5.26 Å². The average Bonchev–Trinajstić information content (AvgIpc) is 3.56. The van der Waals surface area contributed by atoms with Crippen molar-refractivity contribution in [2.75, 3.05) is 12.3 Å². The molecule has 5 rings (SSSR count). The number of nitrogen functional groups attached to an aromatic ring is 1. The summed E-state index contributed by atoms with van der Waals surface area (Å²) in [7, 11) is 1.68. The fraction of sp³-hybridized carbons (Fsp3) is 0.240. The minimum Gasteiger partial charge on any atom is -0.383 e. The minimum absolute atomic E-state index is 0.109. The summed E-state index contributed by atoms with van der Waals surface area (Å²) < 4.78 is 18.2. The number of rotatable bonds is 3. The molecule has 36 heavy (non-hydrogen) atoms. The average molecular weight is 503 g/mol. The maximum absolute atomic E-state index is 14.9. The number of aromatic nitrogens is 5. The fourth-order valence-corrected chi connectivity index (χ4v) is 4.89. The van der Waals surface area contributed by atoms with Gasteiger partial charge in [-0.05, 0) is 30.6 Å². The van der Waals surface area contributed by atoms with Crippen molar-refractivity contribution in [2.24, 2.45) is 7.05 Å². The number of halogens is 2. The summed E-state index contributed by atoms with van der Waals surface area (Å²) in [6.45, 7) is 3.92. The van der Waals surface area contributed by atoms with E-state index in [2.05, 4.69) is 34.5 Å². The Labute approximate surface area is 210 Å². The third kappa shape index (κ3) is 3.72. The molecule has 0 unspecified atom stereocenters. The smallest absolute Gasteiger partial charge is 0.246 e. The van der Waals surface area contributed by atoms with Gasteiger partial charge in [-0.2, -0.15) is 10.4 Å². The number of aryl methyl sites for hydroxylation is 1. The summed E-state index contributed by atoms with van der Waals surface area (Å²) in [6, 6.07) is 5.07. The number of nitrogens with zero attached hydrogens (tertiary/aromatic N) is 7. The van der Waals surface area contributed by atoms with E-state index in [0.717, 1.165) is 0 Å². The van der Waals surface area contributed by atoms with Crippen LogP contribution in [0.3, 0.4) is 0 Å². The Morgan fingerprint density at radius 2 is 2.22 bits per heavy atom. The van der Waals surface area contributed by atoms with Gasteiger partial charge in [0.05, 0.1) is 46.3 Å². The molecule has 0 radical (unpaired) electrons. The van der Waals surface area contributed by atoms with Gasteiger partial charge in [0.1, 0.15) is 17.0 Å². The number of hydrogen-bond acceptors (Lipinski definition) is 6. The van der Waals surface area contributed by atoms with Crippen molar-refractivity contribution in [2.45, 2.75) is 24.9 Å². The summed E-state index contributed by atoms with van der Waals surface area (Å²) in [6.07, 6.45) is 5.05. The molecule has 1 saturated heterocycles. The molecule has 1 aliphatic heterocycles. The van der Waals surface area contributed by atoms with Gasteiger partial charge in [-0.15, -0.1) is 0 Å². The van der Waals surface area contributed by atoms with Crippen molar-refractivity contribution >= 4 is 45.3 Å². The standard InChI is InChI=1S/C25H20ClFN8O/c1-3-20(36)34-12-16(11-15(34)6-8-28)35-19-7-9-30-25(29)21(19)17(32-35)5-4-14-10-18-24(23(27)22(14)26)33(2)13-31-18/h3,7,9-10,13,15-16H,1,6,11-12H2,2H3,(H2,29,30)/t15-,16-/m0/s1. The molecule has 4 aromatic rings. The first-order valence-corrected chi connectivity index (χ1v) is 11.5. The Kier molecular flexibility index (Phi) is 5.83. The third-order valence-electron chi connectivity index (χ3n) is 6.37. The van der Waals surface area contributed by atoms with E-state index in [1.807, 2.05) is 0 Å². The monoisotopic (exact) mass is 502 g/mol. The quantitative estimate of drug-likeness (QED) is 0.339. The maximum Gasteiger partial charge on any atom is 0.246 e. The highest BCUT2D eigenvalue weighted by Gasteiger charge is 2.36. The van der Waals surface area contributed by atoms with E-state index in [4.69, 9.17) is 22.4 Å². The Morgan fingerprint density at radius 1 is 1.42 bits per heavy atom. The number of likely N-dealkylation sites (tertiary alicyclic amines) is 1. The summed E-state index contributed by atoms with van der Waals surface area (Å²) in [5, 5.41) is 14.4. The lowest BCUT2D eigenvalue weighted by Crippen LogP contribution is -2.34. The highest BCUT2D eigenvalue weighted by atomic mass is 35.5. The van der Waals surface area contributed by atoms with Crippen LogP contribution in [0.4, 0.5) is 10.2 Å². The van der Waals surface area contributed by atoms with Gasteiger partial charge in [-0.3, -0.25) is 9.48 Å². The molecule has 0 spiro atoms. The van der Waals surface area contributed by atoms with Crippen molar-refractivity contribution in [3.63, 3.8) is 0 Å². The Morgan fingerprint density at radius 3 is 2.97 bits per heavy atom. The van der Waals surface area contributed by atoms with Crippen LogP contribution in [0.2, 0.25) is 5.02 Å². The minimum atomic E-state index is -0.600. The molecule has 2 N–H and O–H groups in total. The Hall–Kier alpha value is -4.41. The third-order valence-corrected chi connectivity index (χ3v) is 6.74. The van der Waals surface area contributed by atoms with E-state index < -0.39 is 5.82 Å². The Balaban J connectivity index is 1.60. The predicted molar refractivity (Wildman–Crippen MR) is 133 cm³/mol. The van der Waals surface area contributed by atoms with Gasteiger partial charge < -0.3 is 15.2 Å². The zero-order valence-electron chi connectivity index (χ0n) is 19.2. The molecule has 4 heterocycles. The molecule has 3 aromatic heterocycles. The number of hydrogen-bond donors (Lipinski definition) is 1. The van der Waals surface area contributed by atoms with Crippen LogP contribution in [-0.2, 0) is 11.8 Å². The second-order valence-electron chi connectivity index (χ2n) is 8.51. The second-order valence-corrected chi connectivity index (χ2v) is 8.89. The second kappa shape index (κ2) is 8.99. The molecule has 1 aliphatic rings. The predicted octanol–water partition coefficient (Wildman–Crippen LogP) is 3.33. The van der Waals surface area contributed by atoms with Gasteiger partial charge in [0.2, 0.25) is 5.91 Å². The largest absolute Gasteiger partial charge is 0.383 e. The van der Waals surface area contributed by atoms with Gasteiger partial charge >= 0.3 is 0 Å². The van der Waals surface area contributed by atoms with Crippen molar-refractivity contribution in [3.8, 4) is 17.9 Å². The van der Waals surface area contributed by atoms with Crippen LogP contribution < -0.4 is 5.73 Å². The number of pyridine rings is 1. The molecule has 11 heteroatoms. The van der Waals surface area contributed by atoms with Crippen LogP contribution in [0.1, 0.15) is 30.1 Å². The molecule has 9 nitrogen and oxygen atoms in total. The summed E-state index contributed by atoms with van der Waals surface area (Å²) in [5.74, 6) is 5.28. The van der Waals surface area contributed by atoms with E-state index in [9.17, 15) is 14.4 Å². The summed E-state index contributed by atoms with van der Waals surface area (Å²) in [4.78, 5) is 22.4. The van der Waals surface area contributed by atoms with E-state index in [0.29, 0.717) is 40.6 Å².